The van der Waals surface area contributed by atoms with E-state index in [0.717, 1.165) is 27.7 Å². The van der Waals surface area contributed by atoms with Crippen molar-refractivity contribution in [2.24, 2.45) is 5.10 Å². The largest absolute Gasteiger partial charge is 1.00 e. The Morgan fingerprint density at radius 3 is 2.75 bits per heavy atom. The van der Waals surface area contributed by atoms with Crippen LogP contribution in [0.25, 0.3) is 11.3 Å². The molecule has 24 heavy (non-hydrogen) atoms. The van der Waals surface area contributed by atoms with Crippen LogP contribution in [0.3, 0.4) is 0 Å². The molecule has 0 saturated heterocycles. The highest BCUT2D eigenvalue weighted by atomic mass is 79.9. The zero-order chi connectivity index (χ0) is 16.2. The third-order valence-corrected chi connectivity index (χ3v) is 4.70. The monoisotopic (exact) mass is 442 g/mol. The van der Waals surface area contributed by atoms with E-state index in [2.05, 4.69) is 15.1 Å². The predicted molar refractivity (Wildman–Crippen MR) is 95.6 cm³/mol. The van der Waals surface area contributed by atoms with Crippen LogP contribution < -0.4 is 22.4 Å². The summed E-state index contributed by atoms with van der Waals surface area (Å²) in [5, 5.41) is 8.35. The second-order valence-electron chi connectivity index (χ2n) is 4.79. The van der Waals surface area contributed by atoms with Crippen LogP contribution in [0.2, 0.25) is 10.0 Å². The van der Waals surface area contributed by atoms with E-state index in [1.807, 2.05) is 30.5 Å². The quantitative estimate of drug-likeness (QED) is 0.373. The van der Waals surface area contributed by atoms with E-state index in [4.69, 9.17) is 23.2 Å². The first kappa shape index (κ1) is 19.0. The van der Waals surface area contributed by atoms with Crippen LogP contribution in [0.15, 0.2) is 53.2 Å². The number of rotatable bonds is 4. The van der Waals surface area contributed by atoms with E-state index in [0.29, 0.717) is 10.0 Å². The van der Waals surface area contributed by atoms with Gasteiger partial charge in [-0.15, -0.1) is 0 Å². The topological polar surface area (TPSA) is 54.8 Å². The molecule has 2 aromatic heterocycles. The van der Waals surface area contributed by atoms with Gasteiger partial charge in [0.25, 0.3) is 0 Å². The molecule has 0 atom stereocenters. The summed E-state index contributed by atoms with van der Waals surface area (Å²) < 4.78 is 0. The lowest BCUT2D eigenvalue weighted by molar-refractivity contribution is -0.577. The number of halogens is 3. The maximum absolute atomic E-state index is 6.03. The Kier molecular flexibility index (Phi) is 6.89. The highest BCUT2D eigenvalue weighted by Crippen LogP contribution is 2.23. The molecule has 0 unspecified atom stereocenters. The minimum Gasteiger partial charge on any atom is -1.00 e. The zero-order valence-electron chi connectivity index (χ0n) is 12.6. The molecule has 0 saturated carbocycles. The molecule has 0 amide bonds. The molecule has 0 aliphatic heterocycles. The highest BCUT2D eigenvalue weighted by molar-refractivity contribution is 7.13. The van der Waals surface area contributed by atoms with Gasteiger partial charge in [-0.05, 0) is 31.2 Å². The first-order chi connectivity index (χ1) is 11.1. The summed E-state index contributed by atoms with van der Waals surface area (Å²) in [4.78, 5) is 8.65. The summed E-state index contributed by atoms with van der Waals surface area (Å²) >= 11 is 13.5. The summed E-state index contributed by atoms with van der Waals surface area (Å²) in [5.74, 6) is 0. The first-order valence-electron chi connectivity index (χ1n) is 6.82. The van der Waals surface area contributed by atoms with E-state index in [1.54, 1.807) is 30.0 Å². The molecule has 2 heterocycles. The van der Waals surface area contributed by atoms with E-state index in [-0.39, 0.29) is 17.0 Å². The van der Waals surface area contributed by atoms with Crippen LogP contribution in [-0.4, -0.2) is 15.7 Å². The van der Waals surface area contributed by atoms with Crippen LogP contribution in [-0.2, 0) is 0 Å². The van der Waals surface area contributed by atoms with Gasteiger partial charge in [0.2, 0.25) is 0 Å². The fourth-order valence-corrected chi connectivity index (χ4v) is 2.93. The van der Waals surface area contributed by atoms with Gasteiger partial charge in [0.1, 0.15) is 5.71 Å². The molecular weight excluding hydrogens is 431 g/mol. The van der Waals surface area contributed by atoms with E-state index in [9.17, 15) is 0 Å². The van der Waals surface area contributed by atoms with Gasteiger partial charge < -0.3 is 17.0 Å². The number of hydrogen-bond acceptors (Lipinski definition) is 4. The number of nitrogens with two attached hydrogens (primary N) is 1. The fraction of sp³-hybridized carbons (Fsp3) is 0.0625. The average Bonchev–Trinajstić information content (AvgIpc) is 3.05. The van der Waals surface area contributed by atoms with Crippen molar-refractivity contribution in [3.05, 3.63) is 63.7 Å². The van der Waals surface area contributed by atoms with Crippen molar-refractivity contribution in [3.63, 3.8) is 0 Å². The smallest absolute Gasteiger partial charge is 0.310 e. The van der Waals surface area contributed by atoms with Crippen molar-refractivity contribution in [1.82, 2.24) is 9.97 Å². The van der Waals surface area contributed by atoms with Crippen molar-refractivity contribution in [3.8, 4) is 11.3 Å². The molecule has 8 heteroatoms. The third kappa shape index (κ3) is 4.62. The molecule has 0 radical (unpaired) electrons. The molecule has 2 N–H and O–H groups in total. The van der Waals surface area contributed by atoms with Gasteiger partial charge in [0, 0.05) is 28.9 Å². The van der Waals surface area contributed by atoms with Gasteiger partial charge in [0.15, 0.2) is 0 Å². The van der Waals surface area contributed by atoms with Gasteiger partial charge in [0.05, 0.1) is 15.7 Å². The van der Waals surface area contributed by atoms with E-state index in [1.165, 1.54) is 11.3 Å². The Balaban J connectivity index is 0.00000208. The lowest BCUT2D eigenvalue weighted by Gasteiger charge is -2.00. The third-order valence-electron chi connectivity index (χ3n) is 3.19. The van der Waals surface area contributed by atoms with E-state index >= 15 is 0 Å². The molecule has 1 aromatic carbocycles. The van der Waals surface area contributed by atoms with Crippen LogP contribution in [0.1, 0.15) is 12.5 Å². The molecule has 0 aliphatic rings. The lowest BCUT2D eigenvalue weighted by atomic mass is 10.1. The standard InChI is InChI=1S/C16H12Cl2N4S.BrH/c1-10(11-4-5-13(17)14(18)7-11)21-22-16-20-15(9-23-16)12-3-2-6-19-8-12;/h2-9H,1H3,(H,20,22);1H/b21-10+;. The summed E-state index contributed by atoms with van der Waals surface area (Å²) in [6.45, 7) is 1.92. The first-order valence-corrected chi connectivity index (χ1v) is 8.46. The van der Waals surface area contributed by atoms with E-state index < -0.39 is 0 Å². The number of quaternary nitrogens is 1. The van der Waals surface area contributed by atoms with Crippen molar-refractivity contribution in [2.75, 3.05) is 0 Å². The number of thiazole rings is 1. The van der Waals surface area contributed by atoms with Gasteiger partial charge >= 0.3 is 5.13 Å². The number of benzene rings is 1. The molecule has 3 rings (SSSR count). The summed E-state index contributed by atoms with van der Waals surface area (Å²) in [6, 6.07) is 9.34. The van der Waals surface area contributed by atoms with Gasteiger partial charge in [-0.1, -0.05) is 45.7 Å². The molecule has 0 fully saturated rings. The number of aromatic nitrogens is 2. The van der Waals surface area contributed by atoms with Crippen molar-refractivity contribution in [2.45, 2.75) is 6.92 Å². The minimum atomic E-state index is 0. The minimum absolute atomic E-state index is 0. The maximum atomic E-state index is 6.03. The molecule has 0 aliphatic carbocycles. The normalized spacial score (nSPS) is 11.2. The second kappa shape index (κ2) is 8.69. The Morgan fingerprint density at radius 2 is 2.04 bits per heavy atom. The SMILES string of the molecule is C/C(=N\[NH2+]c1nc(-c2cccnc2)cs1)c1ccc(Cl)c(Cl)c1.[Br-]. The summed E-state index contributed by atoms with van der Waals surface area (Å²) in [5.41, 5.74) is 5.43. The van der Waals surface area contributed by atoms with Crippen LogP contribution in [0.4, 0.5) is 5.13 Å². The summed E-state index contributed by atoms with van der Waals surface area (Å²) in [7, 11) is 0. The maximum Gasteiger partial charge on any atom is 0.310 e. The Labute approximate surface area is 164 Å². The number of pyridine rings is 1. The fourth-order valence-electron chi connectivity index (χ4n) is 1.94. The number of hydrogen-bond donors (Lipinski definition) is 1. The van der Waals surface area contributed by atoms with Gasteiger partial charge in [-0.2, -0.15) is 10.4 Å². The zero-order valence-corrected chi connectivity index (χ0v) is 16.5. The van der Waals surface area contributed by atoms with Crippen LogP contribution in [0, 0.1) is 0 Å². The number of nitrogens with zero attached hydrogens (tertiary/aromatic N) is 3. The van der Waals surface area contributed by atoms with Crippen LogP contribution in [0.5, 0.6) is 0 Å². The second-order valence-corrected chi connectivity index (χ2v) is 6.49. The summed E-state index contributed by atoms with van der Waals surface area (Å²) in [6.07, 6.45) is 3.54. The molecule has 0 bridgehead atoms. The van der Waals surface area contributed by atoms with Crippen LogP contribution >= 0.6 is 34.5 Å². The van der Waals surface area contributed by atoms with Crippen molar-refractivity contribution in [1.29, 1.82) is 0 Å². The van der Waals surface area contributed by atoms with Gasteiger partial charge in [-0.25, -0.2) is 0 Å². The highest BCUT2D eigenvalue weighted by Gasteiger charge is 2.08. The Morgan fingerprint density at radius 1 is 1.21 bits per heavy atom. The molecule has 0 spiro atoms. The lowest BCUT2D eigenvalue weighted by Crippen LogP contribution is -3.00. The molecular formula is C16H13BrCl2N4S. The Bertz CT molecular complexity index is 852. The average molecular weight is 444 g/mol. The molecule has 124 valence electrons. The van der Waals surface area contributed by atoms with Crippen molar-refractivity contribution >= 4 is 45.4 Å². The Hall–Kier alpha value is -1.31. The van der Waals surface area contributed by atoms with Gasteiger partial charge in [-0.3, -0.25) is 4.98 Å². The molecule has 4 nitrogen and oxygen atoms in total. The van der Waals surface area contributed by atoms with Crippen molar-refractivity contribution < 1.29 is 22.4 Å². The molecule has 3 aromatic rings. The predicted octanol–water partition coefficient (Wildman–Crippen LogP) is 1.14.